The van der Waals surface area contributed by atoms with Gasteiger partial charge in [0.2, 0.25) is 0 Å². The van der Waals surface area contributed by atoms with E-state index in [1.807, 2.05) is 78.7 Å². The van der Waals surface area contributed by atoms with Crippen molar-refractivity contribution in [2.24, 2.45) is 5.10 Å². The molecule has 0 aromatic heterocycles. The molecule has 3 aliphatic heterocycles. The Morgan fingerprint density at radius 3 is 2.81 bits per heavy atom. The summed E-state index contributed by atoms with van der Waals surface area (Å²) < 4.78 is 12.9. The van der Waals surface area contributed by atoms with Crippen molar-refractivity contribution in [3.05, 3.63) is 87.9 Å². The number of carbonyl (C=O) groups is 1. The Labute approximate surface area is 194 Å². The number of nitrogens with zero attached hydrogens (tertiary/aromatic N) is 2. The van der Waals surface area contributed by atoms with Crippen molar-refractivity contribution >= 4 is 33.2 Å². The lowest BCUT2D eigenvalue weighted by molar-refractivity contribution is -0.161. The molecule has 1 amide bonds. The van der Waals surface area contributed by atoms with Gasteiger partial charge in [0, 0.05) is 16.5 Å². The topological polar surface area (TPSA) is 63.2 Å². The smallest absolute Gasteiger partial charge is 0.306 e. The Bertz CT molecular complexity index is 1270. The SMILES string of the molecule is CCOc1ccc(C2=NN3[C@H](C2)c2ccccc2O[C@]32C(=O)Nc3ccc(Br)cc32)cc1. The predicted octanol–water partition coefficient (Wildman–Crippen LogP) is 5.20. The largest absolute Gasteiger partial charge is 0.494 e. The van der Waals surface area contributed by atoms with E-state index in [9.17, 15) is 4.79 Å². The molecule has 1 spiro atoms. The standard InChI is InChI=1S/C25H20BrN3O3/c1-2-31-17-10-7-15(8-11-17)21-14-22-18-5-3-4-6-23(18)32-25(29(22)28-21)19-13-16(26)9-12-20(19)27-24(25)30/h3-13,22H,2,14H2,1H3,(H,27,30)/t22-,25-/m1/s1. The Morgan fingerprint density at radius 1 is 1.19 bits per heavy atom. The highest BCUT2D eigenvalue weighted by molar-refractivity contribution is 9.10. The number of amides is 1. The summed E-state index contributed by atoms with van der Waals surface area (Å²) >= 11 is 3.55. The van der Waals surface area contributed by atoms with Crippen LogP contribution in [0.15, 0.2) is 76.3 Å². The molecule has 2 atom stereocenters. The summed E-state index contributed by atoms with van der Waals surface area (Å²) in [6, 6.07) is 21.4. The lowest BCUT2D eigenvalue weighted by atomic mass is 9.92. The molecule has 6 nitrogen and oxygen atoms in total. The van der Waals surface area contributed by atoms with Crippen molar-refractivity contribution < 1.29 is 14.3 Å². The van der Waals surface area contributed by atoms with Crippen molar-refractivity contribution in [3.63, 3.8) is 0 Å². The molecule has 0 saturated heterocycles. The molecule has 0 unspecified atom stereocenters. The number of benzene rings is 3. The summed E-state index contributed by atoms with van der Waals surface area (Å²) in [5, 5.41) is 9.81. The van der Waals surface area contributed by atoms with E-state index in [1.165, 1.54) is 0 Å². The van der Waals surface area contributed by atoms with Gasteiger partial charge in [0.25, 0.3) is 5.91 Å². The van der Waals surface area contributed by atoms with E-state index in [0.29, 0.717) is 18.8 Å². The van der Waals surface area contributed by atoms with Crippen LogP contribution in [0, 0.1) is 0 Å². The third-order valence-corrected chi connectivity index (χ3v) is 6.66. The molecular formula is C25H20BrN3O3. The van der Waals surface area contributed by atoms with Gasteiger partial charge in [-0.25, -0.2) is 5.01 Å². The van der Waals surface area contributed by atoms with Gasteiger partial charge in [0.15, 0.2) is 0 Å². The van der Waals surface area contributed by atoms with Crippen molar-refractivity contribution in [2.45, 2.75) is 25.1 Å². The second-order valence-corrected chi connectivity index (χ2v) is 8.91. The number of hydrogen-bond acceptors (Lipinski definition) is 5. The zero-order chi connectivity index (χ0) is 21.9. The third kappa shape index (κ3) is 2.70. The fourth-order valence-electron chi connectivity index (χ4n) is 4.75. The maximum Gasteiger partial charge on any atom is 0.306 e. The quantitative estimate of drug-likeness (QED) is 0.549. The fraction of sp³-hybridized carbons (Fsp3) is 0.200. The Hall–Kier alpha value is -3.32. The highest BCUT2D eigenvalue weighted by atomic mass is 79.9. The summed E-state index contributed by atoms with van der Waals surface area (Å²) in [6.45, 7) is 2.59. The summed E-state index contributed by atoms with van der Waals surface area (Å²) in [4.78, 5) is 13.5. The van der Waals surface area contributed by atoms with Crippen LogP contribution in [0.25, 0.3) is 0 Å². The number of para-hydroxylation sites is 1. The number of rotatable bonds is 3. The highest BCUT2D eigenvalue weighted by Crippen LogP contribution is 2.54. The van der Waals surface area contributed by atoms with Gasteiger partial charge in [-0.1, -0.05) is 34.1 Å². The van der Waals surface area contributed by atoms with E-state index in [0.717, 1.165) is 38.3 Å². The number of halogens is 1. The molecule has 0 aliphatic carbocycles. The number of ether oxygens (including phenoxy) is 2. The van der Waals surface area contributed by atoms with E-state index >= 15 is 0 Å². The van der Waals surface area contributed by atoms with Gasteiger partial charge in [-0.3, -0.25) is 4.79 Å². The molecule has 3 aliphatic rings. The van der Waals surface area contributed by atoms with Crippen molar-refractivity contribution in [3.8, 4) is 11.5 Å². The molecule has 0 fully saturated rings. The summed E-state index contributed by atoms with van der Waals surface area (Å²) in [5.74, 6) is 1.30. The molecule has 0 radical (unpaired) electrons. The average Bonchev–Trinajstić information content (AvgIpc) is 3.36. The third-order valence-electron chi connectivity index (χ3n) is 6.17. The molecule has 0 bridgehead atoms. The predicted molar refractivity (Wildman–Crippen MR) is 125 cm³/mol. The van der Waals surface area contributed by atoms with Crippen LogP contribution in [-0.4, -0.2) is 23.2 Å². The first-order valence-electron chi connectivity index (χ1n) is 10.6. The van der Waals surface area contributed by atoms with Crippen LogP contribution in [0.3, 0.4) is 0 Å². The first-order chi connectivity index (χ1) is 15.6. The molecule has 160 valence electrons. The van der Waals surface area contributed by atoms with E-state index < -0.39 is 5.72 Å². The Morgan fingerprint density at radius 2 is 2.00 bits per heavy atom. The highest BCUT2D eigenvalue weighted by Gasteiger charge is 2.60. The molecule has 3 heterocycles. The van der Waals surface area contributed by atoms with Crippen LogP contribution in [0.4, 0.5) is 5.69 Å². The van der Waals surface area contributed by atoms with Crippen molar-refractivity contribution in [1.29, 1.82) is 0 Å². The first kappa shape index (κ1) is 19.4. The van der Waals surface area contributed by atoms with Gasteiger partial charge in [-0.05, 0) is 61.0 Å². The number of hydrogen-bond donors (Lipinski definition) is 1. The molecule has 32 heavy (non-hydrogen) atoms. The van der Waals surface area contributed by atoms with Gasteiger partial charge < -0.3 is 14.8 Å². The van der Waals surface area contributed by atoms with E-state index in [2.05, 4.69) is 21.2 Å². The summed E-state index contributed by atoms with van der Waals surface area (Å²) in [6.07, 6.45) is 0.673. The Kier molecular flexibility index (Phi) is 4.30. The van der Waals surface area contributed by atoms with E-state index in [4.69, 9.17) is 14.6 Å². The monoisotopic (exact) mass is 489 g/mol. The van der Waals surface area contributed by atoms with Gasteiger partial charge in [0.05, 0.1) is 29.6 Å². The molecule has 0 saturated carbocycles. The van der Waals surface area contributed by atoms with Gasteiger partial charge in [-0.2, -0.15) is 5.10 Å². The fourth-order valence-corrected chi connectivity index (χ4v) is 5.11. The molecule has 6 rings (SSSR count). The molecule has 1 N–H and O–H groups in total. The lowest BCUT2D eigenvalue weighted by Crippen LogP contribution is -2.55. The minimum absolute atomic E-state index is 0.114. The van der Waals surface area contributed by atoms with E-state index in [-0.39, 0.29) is 11.9 Å². The van der Waals surface area contributed by atoms with E-state index in [1.54, 1.807) is 0 Å². The van der Waals surface area contributed by atoms with Crippen LogP contribution in [0.5, 0.6) is 11.5 Å². The average molecular weight is 490 g/mol. The summed E-state index contributed by atoms with van der Waals surface area (Å²) in [5.41, 5.74) is 3.08. The maximum atomic E-state index is 13.5. The van der Waals surface area contributed by atoms with Crippen molar-refractivity contribution in [1.82, 2.24) is 5.01 Å². The normalized spacial score (nSPS) is 22.6. The molecule has 7 heteroatoms. The maximum absolute atomic E-state index is 13.5. The number of anilines is 1. The lowest BCUT2D eigenvalue weighted by Gasteiger charge is -2.44. The zero-order valence-electron chi connectivity index (χ0n) is 17.3. The van der Waals surface area contributed by atoms with Gasteiger partial charge in [-0.15, -0.1) is 0 Å². The molecule has 3 aromatic carbocycles. The first-order valence-corrected chi connectivity index (χ1v) is 11.4. The number of nitrogens with one attached hydrogen (secondary N) is 1. The van der Waals surface area contributed by atoms with Crippen molar-refractivity contribution in [2.75, 3.05) is 11.9 Å². The Balaban J connectivity index is 1.51. The minimum Gasteiger partial charge on any atom is -0.494 e. The summed E-state index contributed by atoms with van der Waals surface area (Å²) in [7, 11) is 0. The van der Waals surface area contributed by atoms with Crippen LogP contribution in [-0.2, 0) is 10.5 Å². The van der Waals surface area contributed by atoms with Crippen LogP contribution in [0.1, 0.15) is 36.1 Å². The minimum atomic E-state index is -1.36. The van der Waals surface area contributed by atoms with Crippen LogP contribution < -0.4 is 14.8 Å². The zero-order valence-corrected chi connectivity index (χ0v) is 18.9. The van der Waals surface area contributed by atoms with Crippen LogP contribution in [0.2, 0.25) is 0 Å². The van der Waals surface area contributed by atoms with Gasteiger partial charge in [0.1, 0.15) is 11.5 Å². The molecule has 3 aromatic rings. The number of hydrazone groups is 1. The second-order valence-electron chi connectivity index (χ2n) is 8.00. The number of fused-ring (bicyclic) bond motifs is 6. The second kappa shape index (κ2) is 7.10. The number of carbonyl (C=O) groups excluding carboxylic acids is 1. The van der Waals surface area contributed by atoms with Crippen LogP contribution >= 0.6 is 15.9 Å². The molecular weight excluding hydrogens is 470 g/mol. The van der Waals surface area contributed by atoms with Gasteiger partial charge >= 0.3 is 5.72 Å².